The lowest BCUT2D eigenvalue weighted by Crippen LogP contribution is -2.54. The molecule has 6 bridgehead atoms. The number of aliphatic carboxylic acids is 2. The highest BCUT2D eigenvalue weighted by atomic mass is 16.6. The van der Waals surface area contributed by atoms with E-state index in [2.05, 4.69) is 12.2 Å². The van der Waals surface area contributed by atoms with E-state index in [-0.39, 0.29) is 48.1 Å². The molecule has 5 saturated heterocycles. The van der Waals surface area contributed by atoms with Gasteiger partial charge in [-0.15, -0.1) is 0 Å². The minimum Gasteiger partial charge on any atom is -0.481 e. The molecule has 0 radical (unpaired) electrons. The fourth-order valence-electron chi connectivity index (χ4n) is 6.49. The highest BCUT2D eigenvalue weighted by molar-refractivity contribution is 5.82. The molecule has 122 valence electrons. The number of carbonyl (C=O) groups is 2. The molecule has 6 aliphatic heterocycles. The third-order valence-electron chi connectivity index (χ3n) is 7.02. The Balaban J connectivity index is 1.42. The number of ether oxygens (including phenoxy) is 3. The van der Waals surface area contributed by atoms with Crippen molar-refractivity contribution in [3.05, 3.63) is 12.2 Å². The van der Waals surface area contributed by atoms with Crippen LogP contribution in [0.2, 0.25) is 0 Å². The van der Waals surface area contributed by atoms with Gasteiger partial charge in [0.25, 0.3) is 0 Å². The molecule has 2 N–H and O–H groups in total. The maximum absolute atomic E-state index is 11.6. The van der Waals surface area contributed by atoms with Gasteiger partial charge in [0.05, 0.1) is 48.5 Å². The monoisotopic (exact) mass is 320 g/mol. The van der Waals surface area contributed by atoms with Gasteiger partial charge in [0.15, 0.2) is 0 Å². The Morgan fingerprint density at radius 3 is 1.52 bits per heavy atom. The molecule has 7 nitrogen and oxygen atoms in total. The average Bonchev–Trinajstić information content (AvgIpc) is 3.28. The lowest BCUT2D eigenvalue weighted by molar-refractivity contribution is -0.156. The summed E-state index contributed by atoms with van der Waals surface area (Å²) >= 11 is 0. The van der Waals surface area contributed by atoms with Gasteiger partial charge in [-0.3, -0.25) is 9.59 Å². The van der Waals surface area contributed by atoms with Crippen molar-refractivity contribution in [2.75, 3.05) is 0 Å². The van der Waals surface area contributed by atoms with Crippen LogP contribution in [0.3, 0.4) is 0 Å². The lowest BCUT2D eigenvalue weighted by atomic mass is 9.57. The molecule has 6 heterocycles. The first kappa shape index (κ1) is 12.9. The first-order chi connectivity index (χ1) is 11.1. The molecule has 0 aromatic carbocycles. The topological polar surface area (TPSA) is 102 Å². The van der Waals surface area contributed by atoms with E-state index < -0.39 is 36.0 Å². The van der Waals surface area contributed by atoms with Crippen LogP contribution in [0.15, 0.2) is 12.2 Å². The zero-order valence-electron chi connectivity index (χ0n) is 12.0. The van der Waals surface area contributed by atoms with Gasteiger partial charge in [0.1, 0.15) is 0 Å². The van der Waals surface area contributed by atoms with Crippen LogP contribution in [0.4, 0.5) is 0 Å². The molecular formula is C16H16O7. The minimum absolute atomic E-state index is 0.0145. The molecule has 0 saturated carbocycles. The van der Waals surface area contributed by atoms with Crippen LogP contribution in [0.1, 0.15) is 0 Å². The van der Waals surface area contributed by atoms with E-state index in [0.29, 0.717) is 0 Å². The van der Waals surface area contributed by atoms with Crippen LogP contribution in [0, 0.1) is 35.5 Å². The molecule has 0 aliphatic carbocycles. The van der Waals surface area contributed by atoms with Crippen LogP contribution in [-0.4, -0.2) is 58.8 Å². The molecule has 23 heavy (non-hydrogen) atoms. The summed E-state index contributed by atoms with van der Waals surface area (Å²) in [5.74, 6) is -3.61. The van der Waals surface area contributed by atoms with Crippen LogP contribution in [0.5, 0.6) is 0 Å². The predicted molar refractivity (Wildman–Crippen MR) is 71.3 cm³/mol. The summed E-state index contributed by atoms with van der Waals surface area (Å²) in [5.41, 5.74) is 0. The molecule has 6 aliphatic rings. The Morgan fingerprint density at radius 1 is 0.652 bits per heavy atom. The second kappa shape index (κ2) is 3.79. The van der Waals surface area contributed by atoms with E-state index in [9.17, 15) is 19.8 Å². The third-order valence-corrected chi connectivity index (χ3v) is 7.02. The second-order valence-electron chi connectivity index (χ2n) is 7.62. The molecule has 0 aromatic heterocycles. The Morgan fingerprint density at radius 2 is 1.09 bits per heavy atom. The number of hydrogen-bond acceptors (Lipinski definition) is 5. The number of carboxylic acid groups (broad SMARTS) is 2. The zero-order chi connectivity index (χ0) is 15.6. The van der Waals surface area contributed by atoms with E-state index in [1.807, 2.05) is 0 Å². The van der Waals surface area contributed by atoms with Crippen molar-refractivity contribution in [3.63, 3.8) is 0 Å². The van der Waals surface area contributed by atoms with Gasteiger partial charge in [-0.05, 0) is 0 Å². The second-order valence-corrected chi connectivity index (χ2v) is 7.62. The summed E-state index contributed by atoms with van der Waals surface area (Å²) in [6, 6.07) is 0. The zero-order valence-corrected chi connectivity index (χ0v) is 12.0. The van der Waals surface area contributed by atoms with Gasteiger partial charge in [-0.2, -0.15) is 0 Å². The normalized spacial score (nSPS) is 62.8. The van der Waals surface area contributed by atoms with Crippen molar-refractivity contribution < 1.29 is 34.0 Å². The van der Waals surface area contributed by atoms with Gasteiger partial charge in [-0.25, -0.2) is 0 Å². The summed E-state index contributed by atoms with van der Waals surface area (Å²) in [7, 11) is 0. The maximum Gasteiger partial charge on any atom is 0.310 e. The molecule has 0 amide bonds. The fraction of sp³-hybridized carbons (Fsp3) is 0.750. The van der Waals surface area contributed by atoms with Gasteiger partial charge >= 0.3 is 11.9 Å². The van der Waals surface area contributed by atoms with Crippen molar-refractivity contribution in [1.82, 2.24) is 0 Å². The van der Waals surface area contributed by atoms with Crippen molar-refractivity contribution in [3.8, 4) is 0 Å². The molecule has 12 atom stereocenters. The van der Waals surface area contributed by atoms with Gasteiger partial charge in [0.2, 0.25) is 0 Å². The highest BCUT2D eigenvalue weighted by Gasteiger charge is 2.77. The number of fused-ring (bicyclic) bond motifs is 16. The van der Waals surface area contributed by atoms with Crippen molar-refractivity contribution in [1.29, 1.82) is 0 Å². The first-order valence-electron chi connectivity index (χ1n) is 8.18. The van der Waals surface area contributed by atoms with Gasteiger partial charge < -0.3 is 24.4 Å². The summed E-state index contributed by atoms with van der Waals surface area (Å²) in [4.78, 5) is 23.3. The summed E-state index contributed by atoms with van der Waals surface area (Å²) in [6.45, 7) is 0. The van der Waals surface area contributed by atoms with Crippen molar-refractivity contribution in [2.45, 2.75) is 36.6 Å². The number of hydrogen-bond donors (Lipinski definition) is 2. The van der Waals surface area contributed by atoms with Crippen LogP contribution >= 0.6 is 0 Å². The molecule has 0 spiro atoms. The van der Waals surface area contributed by atoms with E-state index in [1.165, 1.54) is 0 Å². The van der Waals surface area contributed by atoms with Crippen LogP contribution < -0.4 is 0 Å². The smallest absolute Gasteiger partial charge is 0.310 e. The Labute approximate surface area is 131 Å². The fourth-order valence-corrected chi connectivity index (χ4v) is 6.49. The molecule has 0 aromatic rings. The van der Waals surface area contributed by atoms with E-state index in [1.54, 1.807) is 0 Å². The van der Waals surface area contributed by atoms with Gasteiger partial charge in [-0.1, -0.05) is 12.2 Å². The standard InChI is InChI=1S/C16H16O7/c17-15(18)9-10(16(19)20)14-8-7(13(9)23-14)11-5-3-1-2-4(21-3)6(5)12(8)22-11/h1-14H,(H,17,18)(H,19,20). The highest BCUT2D eigenvalue weighted by Crippen LogP contribution is 2.66. The summed E-state index contributed by atoms with van der Waals surface area (Å²) < 4.78 is 18.1. The van der Waals surface area contributed by atoms with Gasteiger partial charge in [0, 0.05) is 23.7 Å². The quantitative estimate of drug-likeness (QED) is 0.677. The largest absolute Gasteiger partial charge is 0.481 e. The average molecular weight is 320 g/mol. The number of carboxylic acids is 2. The molecule has 7 heteroatoms. The Hall–Kier alpha value is -1.44. The SMILES string of the molecule is O=C(O)C1C2OC(C1C(=O)O)C1C3OC(C4C5C=CC(O5)C34)C21. The van der Waals surface area contributed by atoms with Crippen LogP contribution in [0.25, 0.3) is 0 Å². The van der Waals surface area contributed by atoms with Crippen LogP contribution in [-0.2, 0) is 23.8 Å². The lowest BCUT2D eigenvalue weighted by Gasteiger charge is -2.40. The minimum atomic E-state index is -1.08. The third kappa shape index (κ3) is 1.24. The molecule has 6 rings (SSSR count). The van der Waals surface area contributed by atoms with Crippen molar-refractivity contribution >= 4 is 11.9 Å². The van der Waals surface area contributed by atoms with E-state index in [4.69, 9.17) is 14.2 Å². The van der Waals surface area contributed by atoms with E-state index >= 15 is 0 Å². The predicted octanol–water partition coefficient (Wildman–Crippen LogP) is -0.248. The molecular weight excluding hydrogens is 304 g/mol. The van der Waals surface area contributed by atoms with Crippen molar-refractivity contribution in [2.24, 2.45) is 35.5 Å². The molecule has 12 unspecified atom stereocenters. The number of rotatable bonds is 2. The Bertz CT molecular complexity index is 607. The Kier molecular flexibility index (Phi) is 2.13. The summed E-state index contributed by atoms with van der Waals surface area (Å²) in [5, 5.41) is 19.0. The maximum atomic E-state index is 11.6. The summed E-state index contributed by atoms with van der Waals surface area (Å²) in [6.07, 6.45) is 3.02. The van der Waals surface area contributed by atoms with E-state index in [0.717, 1.165) is 0 Å². The first-order valence-corrected chi connectivity index (χ1v) is 8.18. The molecule has 5 fully saturated rings.